The maximum Gasteiger partial charge on any atom is 0.316 e. The number of rotatable bonds is 4. The van der Waals surface area contributed by atoms with Crippen LogP contribution in [0.15, 0.2) is 16.6 Å². The number of nitro groups is 1. The maximum atomic E-state index is 10.7. The lowest BCUT2D eigenvalue weighted by molar-refractivity contribution is -0.385. The standard InChI is InChI=1S/C9H10BrNO4/c1-3-15-8-5-6(10)4-7(11(12)13)9(8)14-2/h4-5H,3H2,1-2H3. The fraction of sp³-hybridized carbons (Fsp3) is 0.333. The molecule has 82 valence electrons. The van der Waals surface area contributed by atoms with E-state index in [0.29, 0.717) is 16.8 Å². The number of ether oxygens (including phenoxy) is 2. The third-order valence-electron chi connectivity index (χ3n) is 1.70. The van der Waals surface area contributed by atoms with Crippen LogP contribution in [0, 0.1) is 10.1 Å². The lowest BCUT2D eigenvalue weighted by Crippen LogP contribution is -1.99. The molecule has 0 saturated carbocycles. The Morgan fingerprint density at radius 2 is 2.20 bits per heavy atom. The second-order valence-electron chi connectivity index (χ2n) is 2.65. The highest BCUT2D eigenvalue weighted by Gasteiger charge is 2.20. The normalized spacial score (nSPS) is 9.80. The first kappa shape index (κ1) is 11.8. The molecule has 0 spiro atoms. The highest BCUT2D eigenvalue weighted by Crippen LogP contribution is 2.39. The van der Waals surface area contributed by atoms with Crippen molar-refractivity contribution in [3.8, 4) is 11.5 Å². The van der Waals surface area contributed by atoms with Crippen molar-refractivity contribution in [2.24, 2.45) is 0 Å². The van der Waals surface area contributed by atoms with Gasteiger partial charge in [0.15, 0.2) is 5.75 Å². The van der Waals surface area contributed by atoms with E-state index >= 15 is 0 Å². The predicted molar refractivity (Wildman–Crippen MR) is 58.5 cm³/mol. The third-order valence-corrected chi connectivity index (χ3v) is 2.16. The molecule has 0 aliphatic rings. The first-order valence-electron chi connectivity index (χ1n) is 4.24. The fourth-order valence-electron chi connectivity index (χ4n) is 1.16. The monoisotopic (exact) mass is 275 g/mol. The summed E-state index contributed by atoms with van der Waals surface area (Å²) in [4.78, 5) is 10.2. The zero-order valence-corrected chi connectivity index (χ0v) is 9.91. The molecule has 0 aromatic heterocycles. The lowest BCUT2D eigenvalue weighted by atomic mass is 10.2. The topological polar surface area (TPSA) is 61.6 Å². The Bertz CT molecular complexity index is 381. The van der Waals surface area contributed by atoms with E-state index in [9.17, 15) is 10.1 Å². The Labute approximate surface area is 95.3 Å². The van der Waals surface area contributed by atoms with Gasteiger partial charge in [0.1, 0.15) is 0 Å². The average Bonchev–Trinajstić information content (AvgIpc) is 2.17. The van der Waals surface area contributed by atoms with E-state index in [4.69, 9.17) is 9.47 Å². The number of halogens is 1. The molecule has 1 aromatic carbocycles. The van der Waals surface area contributed by atoms with Crippen molar-refractivity contribution in [1.29, 1.82) is 0 Å². The van der Waals surface area contributed by atoms with E-state index in [1.807, 2.05) is 0 Å². The molecule has 0 aliphatic carbocycles. The summed E-state index contributed by atoms with van der Waals surface area (Å²) in [6.07, 6.45) is 0. The fourth-order valence-corrected chi connectivity index (χ4v) is 1.58. The van der Waals surface area contributed by atoms with Crippen molar-refractivity contribution in [3.05, 3.63) is 26.7 Å². The smallest absolute Gasteiger partial charge is 0.316 e. The molecular formula is C9H10BrNO4. The van der Waals surface area contributed by atoms with Gasteiger partial charge in [-0.1, -0.05) is 15.9 Å². The second kappa shape index (κ2) is 4.97. The van der Waals surface area contributed by atoms with E-state index in [0.717, 1.165) is 0 Å². The van der Waals surface area contributed by atoms with E-state index in [-0.39, 0.29) is 11.4 Å². The lowest BCUT2D eigenvalue weighted by Gasteiger charge is -2.09. The molecule has 15 heavy (non-hydrogen) atoms. The van der Waals surface area contributed by atoms with Crippen LogP contribution in [0.3, 0.4) is 0 Å². The quantitative estimate of drug-likeness (QED) is 0.626. The van der Waals surface area contributed by atoms with Crippen molar-refractivity contribution in [2.75, 3.05) is 13.7 Å². The Balaban J connectivity index is 3.31. The van der Waals surface area contributed by atoms with Crippen molar-refractivity contribution in [3.63, 3.8) is 0 Å². The van der Waals surface area contributed by atoms with E-state index in [1.165, 1.54) is 13.2 Å². The molecule has 1 aromatic rings. The summed E-state index contributed by atoms with van der Waals surface area (Å²) in [5.41, 5.74) is -0.115. The van der Waals surface area contributed by atoms with Gasteiger partial charge in [-0.3, -0.25) is 10.1 Å². The molecule has 0 atom stereocenters. The van der Waals surface area contributed by atoms with Gasteiger partial charge in [-0.25, -0.2) is 0 Å². The minimum atomic E-state index is -0.508. The summed E-state index contributed by atoms with van der Waals surface area (Å²) in [7, 11) is 1.37. The molecule has 0 bridgehead atoms. The number of hydrogen-bond donors (Lipinski definition) is 0. The first-order chi connectivity index (χ1) is 7.10. The van der Waals surface area contributed by atoms with Crippen LogP contribution in [0.5, 0.6) is 11.5 Å². The van der Waals surface area contributed by atoms with Crippen LogP contribution >= 0.6 is 15.9 Å². The Hall–Kier alpha value is -1.30. The molecule has 0 radical (unpaired) electrons. The summed E-state index contributed by atoms with van der Waals surface area (Å²) >= 11 is 3.17. The molecule has 0 heterocycles. The van der Waals surface area contributed by atoms with Crippen LogP contribution in [0.2, 0.25) is 0 Å². The van der Waals surface area contributed by atoms with Crippen LogP contribution in [-0.2, 0) is 0 Å². The zero-order valence-electron chi connectivity index (χ0n) is 8.32. The summed E-state index contributed by atoms with van der Waals surface area (Å²) < 4.78 is 10.8. The minimum absolute atomic E-state index is 0.115. The van der Waals surface area contributed by atoms with Gasteiger partial charge in [-0.2, -0.15) is 0 Å². The number of benzene rings is 1. The number of nitrogens with zero attached hydrogens (tertiary/aromatic N) is 1. The molecule has 0 saturated heterocycles. The highest BCUT2D eigenvalue weighted by atomic mass is 79.9. The van der Waals surface area contributed by atoms with Crippen molar-refractivity contribution in [1.82, 2.24) is 0 Å². The van der Waals surface area contributed by atoms with Gasteiger partial charge >= 0.3 is 5.69 Å². The SMILES string of the molecule is CCOc1cc(Br)cc([N+](=O)[O-])c1OC. The van der Waals surface area contributed by atoms with Gasteiger partial charge in [0, 0.05) is 10.5 Å². The van der Waals surface area contributed by atoms with Crippen LogP contribution < -0.4 is 9.47 Å². The van der Waals surface area contributed by atoms with Crippen LogP contribution in [-0.4, -0.2) is 18.6 Å². The number of hydrogen-bond acceptors (Lipinski definition) is 4. The number of nitro benzene ring substituents is 1. The second-order valence-corrected chi connectivity index (χ2v) is 3.56. The molecular weight excluding hydrogens is 266 g/mol. The van der Waals surface area contributed by atoms with Gasteiger partial charge in [0.05, 0.1) is 18.6 Å². The summed E-state index contributed by atoms with van der Waals surface area (Å²) in [5.74, 6) is 0.506. The van der Waals surface area contributed by atoms with Gasteiger partial charge in [0.2, 0.25) is 5.75 Å². The van der Waals surface area contributed by atoms with Crippen LogP contribution in [0.25, 0.3) is 0 Å². The first-order valence-corrected chi connectivity index (χ1v) is 5.04. The van der Waals surface area contributed by atoms with Gasteiger partial charge in [-0.05, 0) is 13.0 Å². The average molecular weight is 276 g/mol. The van der Waals surface area contributed by atoms with Crippen molar-refractivity contribution < 1.29 is 14.4 Å². The summed E-state index contributed by atoms with van der Waals surface area (Å²) in [5, 5.41) is 10.7. The molecule has 0 amide bonds. The molecule has 0 aliphatic heterocycles. The Kier molecular flexibility index (Phi) is 3.90. The van der Waals surface area contributed by atoms with E-state index in [2.05, 4.69) is 15.9 Å². The molecule has 6 heteroatoms. The third kappa shape index (κ3) is 2.59. The zero-order chi connectivity index (χ0) is 11.4. The van der Waals surface area contributed by atoms with Gasteiger partial charge < -0.3 is 9.47 Å². The minimum Gasteiger partial charge on any atom is -0.490 e. The summed E-state index contributed by atoms with van der Waals surface area (Å²) in [6.45, 7) is 2.22. The maximum absolute atomic E-state index is 10.7. The van der Waals surface area contributed by atoms with E-state index < -0.39 is 4.92 Å². The largest absolute Gasteiger partial charge is 0.490 e. The van der Waals surface area contributed by atoms with Crippen molar-refractivity contribution in [2.45, 2.75) is 6.92 Å². The Morgan fingerprint density at radius 1 is 1.53 bits per heavy atom. The van der Waals surface area contributed by atoms with E-state index in [1.54, 1.807) is 13.0 Å². The molecule has 0 unspecified atom stereocenters. The summed E-state index contributed by atoms with van der Waals surface area (Å²) in [6, 6.07) is 3.01. The Morgan fingerprint density at radius 3 is 2.67 bits per heavy atom. The van der Waals surface area contributed by atoms with Gasteiger partial charge in [0.25, 0.3) is 0 Å². The van der Waals surface area contributed by atoms with Gasteiger partial charge in [-0.15, -0.1) is 0 Å². The van der Waals surface area contributed by atoms with Crippen LogP contribution in [0.1, 0.15) is 6.92 Å². The van der Waals surface area contributed by atoms with Crippen LogP contribution in [0.4, 0.5) is 5.69 Å². The van der Waals surface area contributed by atoms with Crippen molar-refractivity contribution >= 4 is 21.6 Å². The molecule has 0 N–H and O–H groups in total. The number of methoxy groups -OCH3 is 1. The molecule has 5 nitrogen and oxygen atoms in total. The molecule has 1 rings (SSSR count). The highest BCUT2D eigenvalue weighted by molar-refractivity contribution is 9.10. The molecule has 0 fully saturated rings. The predicted octanol–water partition coefficient (Wildman–Crippen LogP) is 2.76.